The standard InChI is InChI=1S/C15H9F4N5O/c16-7-3-11(19)14(21-6-7)15-22-13(5-12(20)25)23-24(15)8-1-2-9(17)10(18)4-8/h1-4,6H,5H2,(H2,20,25). The van der Waals surface area contributed by atoms with Gasteiger partial charge >= 0.3 is 0 Å². The van der Waals surface area contributed by atoms with Crippen molar-refractivity contribution in [3.63, 3.8) is 0 Å². The number of pyridine rings is 1. The molecule has 1 aromatic carbocycles. The molecule has 0 radical (unpaired) electrons. The minimum Gasteiger partial charge on any atom is -0.369 e. The quantitative estimate of drug-likeness (QED) is 0.728. The van der Waals surface area contributed by atoms with E-state index in [-0.39, 0.29) is 29.5 Å². The van der Waals surface area contributed by atoms with E-state index in [0.717, 1.165) is 23.0 Å². The second-order valence-electron chi connectivity index (χ2n) is 4.99. The van der Waals surface area contributed by atoms with Gasteiger partial charge in [-0.05, 0) is 12.1 Å². The topological polar surface area (TPSA) is 86.7 Å². The first-order valence-electron chi connectivity index (χ1n) is 6.86. The lowest BCUT2D eigenvalue weighted by molar-refractivity contribution is -0.117. The van der Waals surface area contributed by atoms with Gasteiger partial charge in [0.25, 0.3) is 0 Å². The van der Waals surface area contributed by atoms with Crippen molar-refractivity contribution in [3.05, 3.63) is 59.6 Å². The fourth-order valence-corrected chi connectivity index (χ4v) is 2.11. The molecular formula is C15H9F4N5O. The number of carbonyl (C=O) groups is 1. The Labute approximate surface area is 137 Å². The second-order valence-corrected chi connectivity index (χ2v) is 4.99. The highest BCUT2D eigenvalue weighted by Gasteiger charge is 2.20. The monoisotopic (exact) mass is 351 g/mol. The highest BCUT2D eigenvalue weighted by molar-refractivity contribution is 5.75. The third kappa shape index (κ3) is 3.32. The average molecular weight is 351 g/mol. The van der Waals surface area contributed by atoms with Crippen molar-refractivity contribution >= 4 is 5.91 Å². The van der Waals surface area contributed by atoms with Crippen LogP contribution in [0.1, 0.15) is 5.82 Å². The van der Waals surface area contributed by atoms with E-state index in [0.29, 0.717) is 6.07 Å². The molecule has 128 valence electrons. The lowest BCUT2D eigenvalue weighted by atomic mass is 10.2. The van der Waals surface area contributed by atoms with Gasteiger partial charge in [-0.1, -0.05) is 0 Å². The minimum absolute atomic E-state index is 0.00245. The molecule has 3 aromatic rings. The van der Waals surface area contributed by atoms with Crippen LogP contribution in [-0.4, -0.2) is 25.7 Å². The summed E-state index contributed by atoms with van der Waals surface area (Å²) in [6, 6.07) is 3.41. The van der Waals surface area contributed by atoms with Crippen LogP contribution >= 0.6 is 0 Å². The molecule has 0 aliphatic heterocycles. The third-order valence-corrected chi connectivity index (χ3v) is 3.15. The number of halogens is 4. The molecular weight excluding hydrogens is 342 g/mol. The third-order valence-electron chi connectivity index (χ3n) is 3.15. The average Bonchev–Trinajstić information content (AvgIpc) is 2.92. The van der Waals surface area contributed by atoms with Crippen LogP contribution in [0.15, 0.2) is 30.5 Å². The zero-order chi connectivity index (χ0) is 18.1. The molecule has 0 aliphatic rings. The Balaban J connectivity index is 2.20. The first-order chi connectivity index (χ1) is 11.8. The predicted molar refractivity (Wildman–Crippen MR) is 77.3 cm³/mol. The van der Waals surface area contributed by atoms with Gasteiger partial charge in [0.05, 0.1) is 18.3 Å². The van der Waals surface area contributed by atoms with Crippen LogP contribution in [0, 0.1) is 23.3 Å². The number of primary amides is 1. The van der Waals surface area contributed by atoms with Crippen molar-refractivity contribution < 1.29 is 22.4 Å². The number of carbonyl (C=O) groups excluding carboxylic acids is 1. The van der Waals surface area contributed by atoms with Crippen LogP contribution in [0.25, 0.3) is 17.2 Å². The summed E-state index contributed by atoms with van der Waals surface area (Å²) in [5.41, 5.74) is 4.70. The Hall–Kier alpha value is -3.30. The number of amides is 1. The number of rotatable bonds is 4. The summed E-state index contributed by atoms with van der Waals surface area (Å²) < 4.78 is 54.7. The molecule has 1 amide bonds. The molecule has 0 atom stereocenters. The molecule has 0 bridgehead atoms. The van der Waals surface area contributed by atoms with E-state index in [1.54, 1.807) is 0 Å². The largest absolute Gasteiger partial charge is 0.369 e. The van der Waals surface area contributed by atoms with Crippen molar-refractivity contribution in [2.75, 3.05) is 0 Å². The van der Waals surface area contributed by atoms with Gasteiger partial charge in [0.1, 0.15) is 11.5 Å². The van der Waals surface area contributed by atoms with E-state index < -0.39 is 29.2 Å². The Bertz CT molecular complexity index is 973. The summed E-state index contributed by atoms with van der Waals surface area (Å²) in [7, 11) is 0. The molecule has 6 nitrogen and oxygen atoms in total. The van der Waals surface area contributed by atoms with Crippen LogP contribution in [-0.2, 0) is 11.2 Å². The summed E-state index contributed by atoms with van der Waals surface area (Å²) >= 11 is 0. The molecule has 2 N–H and O–H groups in total. The molecule has 0 fully saturated rings. The summed E-state index contributed by atoms with van der Waals surface area (Å²) in [5.74, 6) is -5.25. The predicted octanol–water partition coefficient (Wildman–Crippen LogP) is 1.91. The highest BCUT2D eigenvalue weighted by atomic mass is 19.2. The van der Waals surface area contributed by atoms with E-state index in [1.165, 1.54) is 6.07 Å². The van der Waals surface area contributed by atoms with E-state index in [2.05, 4.69) is 15.1 Å². The number of aromatic nitrogens is 4. The van der Waals surface area contributed by atoms with Crippen molar-refractivity contribution in [1.82, 2.24) is 19.7 Å². The number of nitrogens with two attached hydrogens (primary N) is 1. The van der Waals surface area contributed by atoms with E-state index in [1.807, 2.05) is 0 Å². The van der Waals surface area contributed by atoms with Crippen molar-refractivity contribution in [2.24, 2.45) is 5.73 Å². The van der Waals surface area contributed by atoms with Crippen molar-refractivity contribution in [1.29, 1.82) is 0 Å². The van der Waals surface area contributed by atoms with Crippen LogP contribution in [0.5, 0.6) is 0 Å². The summed E-state index contributed by atoms with van der Waals surface area (Å²) in [4.78, 5) is 18.6. The maximum atomic E-state index is 14.0. The molecule has 10 heteroatoms. The van der Waals surface area contributed by atoms with E-state index in [4.69, 9.17) is 5.73 Å². The fraction of sp³-hybridized carbons (Fsp3) is 0.0667. The van der Waals surface area contributed by atoms with Gasteiger partial charge in [-0.3, -0.25) is 4.79 Å². The van der Waals surface area contributed by atoms with Gasteiger partial charge in [0.15, 0.2) is 29.1 Å². The molecule has 0 saturated carbocycles. The van der Waals surface area contributed by atoms with Gasteiger partial charge in [0, 0.05) is 12.1 Å². The Morgan fingerprint density at radius 2 is 1.84 bits per heavy atom. The molecule has 0 spiro atoms. The second kappa shape index (κ2) is 6.30. The zero-order valence-corrected chi connectivity index (χ0v) is 12.4. The van der Waals surface area contributed by atoms with Crippen molar-refractivity contribution in [2.45, 2.75) is 6.42 Å². The molecule has 2 heterocycles. The van der Waals surface area contributed by atoms with E-state index in [9.17, 15) is 22.4 Å². The normalized spacial score (nSPS) is 10.9. The first kappa shape index (κ1) is 16.6. The lowest BCUT2D eigenvalue weighted by Gasteiger charge is -2.06. The Morgan fingerprint density at radius 3 is 2.48 bits per heavy atom. The minimum atomic E-state index is -1.16. The van der Waals surface area contributed by atoms with Crippen LogP contribution < -0.4 is 5.73 Å². The maximum absolute atomic E-state index is 14.0. The summed E-state index contributed by atoms with van der Waals surface area (Å²) in [6.07, 6.45) is 0.392. The number of hydrogen-bond donors (Lipinski definition) is 1. The smallest absolute Gasteiger partial charge is 0.225 e. The molecule has 3 rings (SSSR count). The lowest BCUT2D eigenvalue weighted by Crippen LogP contribution is -2.14. The van der Waals surface area contributed by atoms with Crippen LogP contribution in [0.2, 0.25) is 0 Å². The van der Waals surface area contributed by atoms with Gasteiger partial charge in [-0.15, -0.1) is 0 Å². The van der Waals surface area contributed by atoms with Gasteiger partial charge < -0.3 is 5.73 Å². The SMILES string of the molecule is NC(=O)Cc1nc(-c2ncc(F)cc2F)n(-c2ccc(F)c(F)c2)n1. The highest BCUT2D eigenvalue weighted by Crippen LogP contribution is 2.23. The van der Waals surface area contributed by atoms with Gasteiger partial charge in [0.2, 0.25) is 5.91 Å². The summed E-state index contributed by atoms with van der Waals surface area (Å²) in [5, 5.41) is 3.95. The summed E-state index contributed by atoms with van der Waals surface area (Å²) in [6.45, 7) is 0. The molecule has 0 saturated heterocycles. The maximum Gasteiger partial charge on any atom is 0.225 e. The Kier molecular flexibility index (Phi) is 4.17. The number of benzene rings is 1. The van der Waals surface area contributed by atoms with Crippen LogP contribution in [0.4, 0.5) is 17.6 Å². The van der Waals surface area contributed by atoms with E-state index >= 15 is 0 Å². The molecule has 25 heavy (non-hydrogen) atoms. The fourth-order valence-electron chi connectivity index (χ4n) is 2.11. The molecule has 0 unspecified atom stereocenters. The first-order valence-corrected chi connectivity index (χ1v) is 6.86. The van der Waals surface area contributed by atoms with Crippen molar-refractivity contribution in [3.8, 4) is 17.2 Å². The van der Waals surface area contributed by atoms with Gasteiger partial charge in [-0.2, -0.15) is 5.10 Å². The molecule has 0 aliphatic carbocycles. The Morgan fingerprint density at radius 1 is 1.08 bits per heavy atom. The number of nitrogens with zero attached hydrogens (tertiary/aromatic N) is 4. The number of hydrogen-bond acceptors (Lipinski definition) is 4. The van der Waals surface area contributed by atoms with Gasteiger partial charge in [-0.25, -0.2) is 32.2 Å². The zero-order valence-electron chi connectivity index (χ0n) is 12.4. The molecule has 2 aromatic heterocycles. The van der Waals surface area contributed by atoms with Crippen LogP contribution in [0.3, 0.4) is 0 Å².